The lowest BCUT2D eigenvalue weighted by Gasteiger charge is -2.56. The number of hydrogen-bond acceptors (Lipinski definition) is 2. The van der Waals surface area contributed by atoms with E-state index in [9.17, 15) is 4.79 Å². The number of amides is 1. The molecule has 134 valence electrons. The molecule has 3 nitrogen and oxygen atoms in total. The molecule has 25 heavy (non-hydrogen) atoms. The molecule has 4 aliphatic rings. The van der Waals surface area contributed by atoms with Gasteiger partial charge in [-0.25, -0.2) is 0 Å². The smallest absolute Gasteiger partial charge is 0.226 e. The third-order valence-electron chi connectivity index (χ3n) is 6.60. The van der Waals surface area contributed by atoms with Crippen LogP contribution in [0.15, 0.2) is 24.3 Å². The molecule has 0 aliphatic heterocycles. The van der Waals surface area contributed by atoms with Crippen LogP contribution in [0.3, 0.4) is 0 Å². The summed E-state index contributed by atoms with van der Waals surface area (Å²) in [6.07, 6.45) is 9.58. The summed E-state index contributed by atoms with van der Waals surface area (Å²) in [6, 6.07) is 8.11. The van der Waals surface area contributed by atoms with E-state index in [1.807, 2.05) is 18.2 Å². The van der Waals surface area contributed by atoms with Crippen LogP contribution in [0.5, 0.6) is 0 Å². The van der Waals surface area contributed by atoms with E-state index in [1.54, 1.807) is 0 Å². The van der Waals surface area contributed by atoms with E-state index in [2.05, 4.69) is 23.6 Å². The van der Waals surface area contributed by atoms with E-state index in [-0.39, 0.29) is 11.3 Å². The lowest BCUT2D eigenvalue weighted by atomic mass is 9.49. The van der Waals surface area contributed by atoms with Crippen LogP contribution in [0.25, 0.3) is 0 Å². The summed E-state index contributed by atoms with van der Waals surface area (Å²) in [5.74, 6) is 2.72. The first-order chi connectivity index (χ1) is 12.0. The molecular formula is C21H28N2OS. The largest absolute Gasteiger partial charge is 0.332 e. The number of rotatable bonds is 4. The summed E-state index contributed by atoms with van der Waals surface area (Å²) < 4.78 is 0. The van der Waals surface area contributed by atoms with Crippen LogP contribution in [-0.4, -0.2) is 11.0 Å². The van der Waals surface area contributed by atoms with Gasteiger partial charge in [-0.1, -0.05) is 25.1 Å². The Bertz CT molecular complexity index is 649. The van der Waals surface area contributed by atoms with Gasteiger partial charge in [-0.15, -0.1) is 0 Å². The van der Waals surface area contributed by atoms with Crippen molar-refractivity contribution in [2.75, 3.05) is 5.32 Å². The first kappa shape index (κ1) is 17.0. The van der Waals surface area contributed by atoms with Crippen LogP contribution in [0.4, 0.5) is 5.69 Å². The Labute approximate surface area is 156 Å². The van der Waals surface area contributed by atoms with Crippen LogP contribution in [0, 0.1) is 23.2 Å². The molecule has 0 atom stereocenters. The van der Waals surface area contributed by atoms with Crippen molar-refractivity contribution in [3.8, 4) is 0 Å². The van der Waals surface area contributed by atoms with Crippen molar-refractivity contribution < 1.29 is 4.79 Å². The minimum Gasteiger partial charge on any atom is -0.332 e. The molecule has 4 aliphatic carbocycles. The van der Waals surface area contributed by atoms with E-state index in [4.69, 9.17) is 12.2 Å². The molecule has 1 amide bonds. The predicted octanol–water partition coefficient (Wildman–Crippen LogP) is 4.67. The number of nitrogens with one attached hydrogen (secondary N) is 2. The molecule has 1 aromatic rings. The molecule has 1 aromatic carbocycles. The zero-order chi connectivity index (χ0) is 17.4. The van der Waals surface area contributed by atoms with Gasteiger partial charge >= 0.3 is 0 Å². The summed E-state index contributed by atoms with van der Waals surface area (Å²) in [5, 5.41) is 6.56. The molecular weight excluding hydrogens is 328 g/mol. The molecule has 4 heteroatoms. The lowest BCUT2D eigenvalue weighted by molar-refractivity contribution is -0.127. The number of aryl methyl sites for hydroxylation is 1. The van der Waals surface area contributed by atoms with E-state index in [0.717, 1.165) is 29.9 Å². The third kappa shape index (κ3) is 3.59. The minimum atomic E-state index is 0.0911. The van der Waals surface area contributed by atoms with Crippen molar-refractivity contribution >= 4 is 28.9 Å². The molecule has 4 saturated carbocycles. The molecule has 4 bridgehead atoms. The summed E-state index contributed by atoms with van der Waals surface area (Å²) in [6.45, 7) is 2.12. The molecule has 0 spiro atoms. The van der Waals surface area contributed by atoms with Gasteiger partial charge in [-0.05, 0) is 92.0 Å². The minimum absolute atomic E-state index is 0.0911. The number of anilines is 1. The van der Waals surface area contributed by atoms with Gasteiger partial charge in [0, 0.05) is 12.1 Å². The Hall–Kier alpha value is -1.42. The Morgan fingerprint density at radius 1 is 1.12 bits per heavy atom. The maximum atomic E-state index is 12.6. The number of hydrogen-bond donors (Lipinski definition) is 2. The van der Waals surface area contributed by atoms with Crippen molar-refractivity contribution in [3.05, 3.63) is 29.8 Å². The van der Waals surface area contributed by atoms with Crippen molar-refractivity contribution in [3.63, 3.8) is 0 Å². The van der Waals surface area contributed by atoms with E-state index < -0.39 is 0 Å². The van der Waals surface area contributed by atoms with E-state index >= 15 is 0 Å². The highest BCUT2D eigenvalue weighted by molar-refractivity contribution is 7.80. The highest BCUT2D eigenvalue weighted by Gasteiger charge is 2.51. The summed E-state index contributed by atoms with van der Waals surface area (Å²) >= 11 is 5.39. The maximum Gasteiger partial charge on any atom is 0.226 e. The zero-order valence-corrected chi connectivity index (χ0v) is 15.8. The Morgan fingerprint density at radius 2 is 1.72 bits per heavy atom. The molecule has 0 heterocycles. The van der Waals surface area contributed by atoms with Crippen molar-refractivity contribution in [1.82, 2.24) is 5.32 Å². The molecule has 0 unspecified atom stereocenters. The van der Waals surface area contributed by atoms with E-state index in [0.29, 0.717) is 11.5 Å². The standard InChI is InChI=1S/C21H28N2OS/c1-2-17-5-3-4-6-18(17)22-20(25)23-19(24)13-21-10-14-7-15(11-21)9-16(8-14)12-21/h3-6,14-16H,2,7-13H2,1H3,(H2,22,23,24,25). The summed E-state index contributed by atoms with van der Waals surface area (Å²) in [7, 11) is 0. The van der Waals surface area contributed by atoms with Gasteiger partial charge in [-0.3, -0.25) is 4.79 Å². The predicted molar refractivity (Wildman–Crippen MR) is 105 cm³/mol. The number of carbonyl (C=O) groups excluding carboxylic acids is 1. The molecule has 5 rings (SSSR count). The number of thiocarbonyl (C=S) groups is 1. The van der Waals surface area contributed by atoms with Crippen LogP contribution in [0.2, 0.25) is 0 Å². The van der Waals surface area contributed by atoms with Crippen molar-refractivity contribution in [2.24, 2.45) is 23.2 Å². The molecule has 0 radical (unpaired) electrons. The normalized spacial score (nSPS) is 32.4. The van der Waals surface area contributed by atoms with Gasteiger partial charge in [0.15, 0.2) is 5.11 Å². The summed E-state index contributed by atoms with van der Waals surface area (Å²) in [4.78, 5) is 12.6. The Kier molecular flexibility index (Phi) is 4.57. The number of para-hydroxylation sites is 1. The Morgan fingerprint density at radius 3 is 2.32 bits per heavy atom. The first-order valence-electron chi connectivity index (χ1n) is 9.74. The van der Waals surface area contributed by atoms with Crippen LogP contribution < -0.4 is 10.6 Å². The number of benzene rings is 1. The second-order valence-corrected chi connectivity index (χ2v) is 9.02. The highest BCUT2D eigenvalue weighted by atomic mass is 32.1. The van der Waals surface area contributed by atoms with Gasteiger partial charge in [0.25, 0.3) is 0 Å². The second kappa shape index (κ2) is 6.71. The average molecular weight is 357 g/mol. The third-order valence-corrected chi connectivity index (χ3v) is 6.80. The quantitative estimate of drug-likeness (QED) is 0.770. The fraction of sp³-hybridized carbons (Fsp3) is 0.619. The average Bonchev–Trinajstić information content (AvgIpc) is 2.53. The van der Waals surface area contributed by atoms with E-state index in [1.165, 1.54) is 44.1 Å². The molecule has 0 aromatic heterocycles. The molecule has 0 saturated heterocycles. The lowest BCUT2D eigenvalue weighted by Crippen LogP contribution is -2.48. The zero-order valence-electron chi connectivity index (χ0n) is 15.0. The SMILES string of the molecule is CCc1ccccc1NC(=S)NC(=O)CC12CC3CC(CC(C3)C1)C2. The van der Waals surface area contributed by atoms with Crippen molar-refractivity contribution in [1.29, 1.82) is 0 Å². The van der Waals surface area contributed by atoms with Crippen LogP contribution in [-0.2, 0) is 11.2 Å². The monoisotopic (exact) mass is 356 g/mol. The maximum absolute atomic E-state index is 12.6. The van der Waals surface area contributed by atoms with Gasteiger partial charge < -0.3 is 10.6 Å². The van der Waals surface area contributed by atoms with Crippen LogP contribution in [0.1, 0.15) is 57.4 Å². The molecule has 2 N–H and O–H groups in total. The topological polar surface area (TPSA) is 41.1 Å². The Balaban J connectivity index is 1.35. The fourth-order valence-electron chi connectivity index (χ4n) is 6.12. The fourth-order valence-corrected chi connectivity index (χ4v) is 6.35. The van der Waals surface area contributed by atoms with Crippen LogP contribution >= 0.6 is 12.2 Å². The second-order valence-electron chi connectivity index (χ2n) is 8.61. The van der Waals surface area contributed by atoms with Gasteiger partial charge in [-0.2, -0.15) is 0 Å². The number of carbonyl (C=O) groups is 1. The first-order valence-corrected chi connectivity index (χ1v) is 10.1. The van der Waals surface area contributed by atoms with Gasteiger partial charge in [0.05, 0.1) is 0 Å². The van der Waals surface area contributed by atoms with Crippen molar-refractivity contribution in [2.45, 2.75) is 58.3 Å². The van der Waals surface area contributed by atoms with Gasteiger partial charge in [0.1, 0.15) is 0 Å². The van der Waals surface area contributed by atoms with Gasteiger partial charge in [0.2, 0.25) is 5.91 Å². The molecule has 4 fully saturated rings. The summed E-state index contributed by atoms with van der Waals surface area (Å²) in [5.41, 5.74) is 2.46. The highest BCUT2D eigenvalue weighted by Crippen LogP contribution is 2.61.